The number of rotatable bonds is 16. The number of esters is 3. The third-order valence-corrected chi connectivity index (χ3v) is 5.51. The van der Waals surface area contributed by atoms with Crippen LogP contribution in [0.5, 0.6) is 11.5 Å². The molecule has 0 unspecified atom stereocenters. The van der Waals surface area contributed by atoms with E-state index in [0.29, 0.717) is 37.1 Å². The van der Waals surface area contributed by atoms with E-state index < -0.39 is 11.9 Å². The smallest absolute Gasteiger partial charge is 0.338 e. The van der Waals surface area contributed by atoms with Gasteiger partial charge in [0.15, 0.2) is 0 Å². The van der Waals surface area contributed by atoms with Crippen LogP contribution in [0.1, 0.15) is 61.9 Å². The van der Waals surface area contributed by atoms with Gasteiger partial charge in [0.05, 0.1) is 25.4 Å². The summed E-state index contributed by atoms with van der Waals surface area (Å²) < 4.78 is 21.2. The fraction of sp³-hybridized carbons (Fsp3) is 0.367. The summed E-state index contributed by atoms with van der Waals surface area (Å²) in [6, 6.07) is 13.7. The molecule has 0 radical (unpaired) electrons. The molecule has 2 aromatic rings. The van der Waals surface area contributed by atoms with Crippen molar-refractivity contribution < 1.29 is 33.3 Å². The van der Waals surface area contributed by atoms with Gasteiger partial charge in [0, 0.05) is 12.2 Å². The van der Waals surface area contributed by atoms with Gasteiger partial charge in [-0.2, -0.15) is 0 Å². The number of hydrogen-bond acceptors (Lipinski definition) is 7. The Morgan fingerprint density at radius 3 is 2.14 bits per heavy atom. The Morgan fingerprint density at radius 1 is 0.838 bits per heavy atom. The lowest BCUT2D eigenvalue weighted by Crippen LogP contribution is -2.11. The summed E-state index contributed by atoms with van der Waals surface area (Å²) in [4.78, 5) is 35.2. The summed E-state index contributed by atoms with van der Waals surface area (Å²) in [5.74, 6) is 0.100. The first-order chi connectivity index (χ1) is 17.9. The highest BCUT2D eigenvalue weighted by Gasteiger charge is 2.10. The Morgan fingerprint density at radius 2 is 1.49 bits per heavy atom. The molecule has 0 amide bonds. The molecular formula is C30H36O7. The first-order valence-corrected chi connectivity index (χ1v) is 12.6. The zero-order chi connectivity index (χ0) is 26.9. The normalized spacial score (nSPS) is 11.5. The Kier molecular flexibility index (Phi) is 13.3. The minimum absolute atomic E-state index is 0.309. The Hall–Kier alpha value is -3.87. The van der Waals surface area contributed by atoms with E-state index in [1.54, 1.807) is 30.3 Å². The van der Waals surface area contributed by atoms with Gasteiger partial charge in [-0.05, 0) is 79.6 Å². The van der Waals surface area contributed by atoms with Crippen LogP contribution in [0.4, 0.5) is 0 Å². The van der Waals surface area contributed by atoms with Crippen molar-refractivity contribution >= 4 is 24.0 Å². The molecule has 0 fully saturated rings. The van der Waals surface area contributed by atoms with Crippen molar-refractivity contribution in [2.75, 3.05) is 19.8 Å². The second-order valence-corrected chi connectivity index (χ2v) is 8.59. The summed E-state index contributed by atoms with van der Waals surface area (Å²) in [7, 11) is 0. The van der Waals surface area contributed by atoms with Gasteiger partial charge in [-0.15, -0.1) is 0 Å². The van der Waals surface area contributed by atoms with Gasteiger partial charge in [0.1, 0.15) is 11.5 Å². The summed E-state index contributed by atoms with van der Waals surface area (Å²) in [5, 5.41) is 0. The molecule has 0 aliphatic rings. The molecule has 0 bridgehead atoms. The maximum Gasteiger partial charge on any atom is 0.338 e. The van der Waals surface area contributed by atoms with Crippen molar-refractivity contribution in [2.45, 2.75) is 46.0 Å². The zero-order valence-corrected chi connectivity index (χ0v) is 21.6. The molecule has 0 spiro atoms. The van der Waals surface area contributed by atoms with Gasteiger partial charge >= 0.3 is 17.9 Å². The largest absolute Gasteiger partial charge is 0.494 e. The molecule has 7 nitrogen and oxygen atoms in total. The average Bonchev–Trinajstić information content (AvgIpc) is 2.92. The molecule has 0 aliphatic carbocycles. The maximum absolute atomic E-state index is 12.1. The maximum atomic E-state index is 12.1. The topological polar surface area (TPSA) is 88.1 Å². The second kappa shape index (κ2) is 16.7. The SMILES string of the molecule is C=CC(=O)OCCCCCCOc1ccc(/C=C/C(=O)Oc2ccc(C(=O)OC[C@@H](C)CC)cc2)cc1. The highest BCUT2D eigenvalue weighted by atomic mass is 16.5. The monoisotopic (exact) mass is 508 g/mol. The van der Waals surface area contributed by atoms with E-state index in [9.17, 15) is 14.4 Å². The quantitative estimate of drug-likeness (QED) is 0.116. The van der Waals surface area contributed by atoms with Crippen LogP contribution < -0.4 is 9.47 Å². The molecule has 0 N–H and O–H groups in total. The summed E-state index contributed by atoms with van der Waals surface area (Å²) in [5.41, 5.74) is 1.24. The minimum atomic E-state index is -0.522. The summed E-state index contributed by atoms with van der Waals surface area (Å²) in [6.07, 6.45) is 8.78. The lowest BCUT2D eigenvalue weighted by atomic mass is 10.1. The van der Waals surface area contributed by atoms with Gasteiger partial charge in [-0.25, -0.2) is 14.4 Å². The van der Waals surface area contributed by atoms with Crippen molar-refractivity contribution in [1.29, 1.82) is 0 Å². The Labute approximate surface area is 219 Å². The van der Waals surface area contributed by atoms with Crippen LogP contribution >= 0.6 is 0 Å². The molecule has 0 saturated heterocycles. The number of ether oxygens (including phenoxy) is 4. The first-order valence-electron chi connectivity index (χ1n) is 12.6. The van der Waals surface area contributed by atoms with Crippen LogP contribution in [0.25, 0.3) is 6.08 Å². The van der Waals surface area contributed by atoms with Crippen LogP contribution in [0.3, 0.4) is 0 Å². The van der Waals surface area contributed by atoms with Crippen LogP contribution in [0.2, 0.25) is 0 Å². The van der Waals surface area contributed by atoms with Crippen molar-refractivity contribution in [3.8, 4) is 11.5 Å². The Balaban J connectivity index is 1.67. The van der Waals surface area contributed by atoms with Crippen LogP contribution in [0, 0.1) is 5.92 Å². The molecule has 0 saturated carbocycles. The van der Waals surface area contributed by atoms with Crippen molar-refractivity contribution in [1.82, 2.24) is 0 Å². The molecule has 2 rings (SSSR count). The Bertz CT molecular complexity index is 1020. The number of benzene rings is 2. The van der Waals surface area contributed by atoms with E-state index in [4.69, 9.17) is 18.9 Å². The van der Waals surface area contributed by atoms with E-state index in [0.717, 1.165) is 49.5 Å². The number of carbonyl (C=O) groups excluding carboxylic acids is 3. The lowest BCUT2D eigenvalue weighted by molar-refractivity contribution is -0.137. The molecule has 0 heterocycles. The minimum Gasteiger partial charge on any atom is -0.494 e. The molecule has 2 aromatic carbocycles. The number of carbonyl (C=O) groups is 3. The van der Waals surface area contributed by atoms with Gasteiger partial charge in [-0.1, -0.05) is 39.0 Å². The zero-order valence-electron chi connectivity index (χ0n) is 21.6. The molecule has 198 valence electrons. The van der Waals surface area contributed by atoms with E-state index >= 15 is 0 Å². The summed E-state index contributed by atoms with van der Waals surface area (Å²) in [6.45, 7) is 8.81. The van der Waals surface area contributed by atoms with E-state index in [2.05, 4.69) is 6.58 Å². The van der Waals surface area contributed by atoms with E-state index in [1.807, 2.05) is 38.1 Å². The third kappa shape index (κ3) is 12.1. The second-order valence-electron chi connectivity index (χ2n) is 8.59. The molecule has 1 atom stereocenters. The van der Waals surface area contributed by atoms with Crippen LogP contribution in [0.15, 0.2) is 67.3 Å². The highest BCUT2D eigenvalue weighted by molar-refractivity contribution is 5.90. The van der Waals surface area contributed by atoms with Gasteiger partial charge in [0.25, 0.3) is 0 Å². The van der Waals surface area contributed by atoms with Crippen molar-refractivity contribution in [3.63, 3.8) is 0 Å². The molecule has 7 heteroatoms. The average molecular weight is 509 g/mol. The van der Waals surface area contributed by atoms with E-state index in [-0.39, 0.29) is 5.97 Å². The van der Waals surface area contributed by atoms with Crippen LogP contribution in [-0.2, 0) is 19.1 Å². The third-order valence-electron chi connectivity index (χ3n) is 5.51. The molecule has 0 aliphatic heterocycles. The predicted molar refractivity (Wildman–Crippen MR) is 142 cm³/mol. The van der Waals surface area contributed by atoms with Crippen LogP contribution in [-0.4, -0.2) is 37.7 Å². The van der Waals surface area contributed by atoms with Gasteiger partial charge in [0.2, 0.25) is 0 Å². The fourth-order valence-corrected chi connectivity index (χ4v) is 3.05. The molecular weight excluding hydrogens is 472 g/mol. The molecule has 0 aromatic heterocycles. The van der Waals surface area contributed by atoms with Crippen molar-refractivity contribution in [3.05, 3.63) is 78.4 Å². The summed E-state index contributed by atoms with van der Waals surface area (Å²) >= 11 is 0. The van der Waals surface area contributed by atoms with Gasteiger partial charge < -0.3 is 18.9 Å². The highest BCUT2D eigenvalue weighted by Crippen LogP contribution is 2.16. The predicted octanol–water partition coefficient (Wildman–Crippen LogP) is 6.18. The van der Waals surface area contributed by atoms with Crippen molar-refractivity contribution in [2.24, 2.45) is 5.92 Å². The fourth-order valence-electron chi connectivity index (χ4n) is 3.05. The number of unbranched alkanes of at least 4 members (excludes halogenated alkanes) is 3. The van der Waals surface area contributed by atoms with Gasteiger partial charge in [-0.3, -0.25) is 0 Å². The molecule has 37 heavy (non-hydrogen) atoms. The number of hydrogen-bond donors (Lipinski definition) is 0. The first kappa shape index (κ1) is 29.4. The lowest BCUT2D eigenvalue weighted by Gasteiger charge is -2.09. The standard InChI is InChI=1S/C30H36O7/c1-4-23(3)22-36-30(33)25-13-17-27(18-14-25)37-29(32)19-12-24-10-15-26(16-11-24)34-20-8-6-7-9-21-35-28(31)5-2/h5,10-19,23H,2,4,6-9,20-22H2,1,3H3/b19-12+/t23-/m0/s1. The van der Waals surface area contributed by atoms with E-state index in [1.165, 1.54) is 6.08 Å².